The van der Waals surface area contributed by atoms with Gasteiger partial charge in [0, 0.05) is 30.9 Å². The molecule has 0 radical (unpaired) electrons. The predicted octanol–water partition coefficient (Wildman–Crippen LogP) is 5.46. The largest absolute Gasteiger partial charge is 0.465 e. The summed E-state index contributed by atoms with van der Waals surface area (Å²) in [5, 5.41) is 16.3. The van der Waals surface area contributed by atoms with Gasteiger partial charge in [0.2, 0.25) is 0 Å². The summed E-state index contributed by atoms with van der Waals surface area (Å²) in [5.74, 6) is 0. The molecule has 1 amide bonds. The fraction of sp³-hybridized carbons (Fsp3) is 0.500. The van der Waals surface area contributed by atoms with E-state index in [2.05, 4.69) is 15.5 Å². The van der Waals surface area contributed by atoms with Crippen molar-refractivity contribution in [2.75, 3.05) is 18.0 Å². The molecule has 8 heteroatoms. The van der Waals surface area contributed by atoms with E-state index in [-0.39, 0.29) is 12.1 Å². The third-order valence-electron chi connectivity index (χ3n) is 7.17. The Morgan fingerprint density at radius 1 is 1.03 bits per heavy atom. The zero-order valence-corrected chi connectivity index (χ0v) is 19.2. The number of rotatable bonds is 6. The van der Waals surface area contributed by atoms with Gasteiger partial charge >= 0.3 is 12.3 Å². The zero-order valence-electron chi connectivity index (χ0n) is 19.2. The highest BCUT2D eigenvalue weighted by atomic mass is 19.4. The number of halogens is 3. The van der Waals surface area contributed by atoms with E-state index in [1.165, 1.54) is 12.1 Å². The second kappa shape index (κ2) is 10.3. The average molecular weight is 476 g/mol. The molecule has 1 heterocycles. The molecule has 3 unspecified atom stereocenters. The second-order valence-electron chi connectivity index (χ2n) is 9.54. The number of nitrogens with one attached hydrogen (secondary N) is 2. The Labute approximate surface area is 198 Å². The highest BCUT2D eigenvalue weighted by molar-refractivity contribution is 5.66. The lowest BCUT2D eigenvalue weighted by Crippen LogP contribution is -2.66. The first kappa shape index (κ1) is 24.4. The van der Waals surface area contributed by atoms with Crippen molar-refractivity contribution in [2.24, 2.45) is 0 Å². The standard InChI is InChI=1S/C26H32F3N3O2/c27-26(28,29)20-11-13-22(14-12-20)32-16-6-9-21(18-32)30-23-10-4-5-15-25(23,31-24(33)34)17-19-7-2-1-3-8-19/h1-3,7-8,11-14,21,23,30-31H,4-6,9-10,15-18H2,(H,33,34). The minimum absolute atomic E-state index is 0.0184. The van der Waals surface area contributed by atoms with Crippen molar-refractivity contribution in [1.29, 1.82) is 0 Å². The Morgan fingerprint density at radius 3 is 2.44 bits per heavy atom. The first-order valence-electron chi connectivity index (χ1n) is 12.0. The fourth-order valence-corrected chi connectivity index (χ4v) is 5.55. The van der Waals surface area contributed by atoms with E-state index in [1.54, 1.807) is 0 Å². The molecule has 2 aromatic rings. The molecular formula is C26H32F3N3O2. The van der Waals surface area contributed by atoms with Crippen molar-refractivity contribution in [3.05, 3.63) is 65.7 Å². The van der Waals surface area contributed by atoms with Crippen LogP contribution in [0.5, 0.6) is 0 Å². The zero-order chi connectivity index (χ0) is 24.2. The molecule has 4 rings (SSSR count). The summed E-state index contributed by atoms with van der Waals surface area (Å²) in [6.07, 6.45) is 0.771. The molecule has 2 aromatic carbocycles. The molecule has 0 bridgehead atoms. The quantitative estimate of drug-likeness (QED) is 0.520. The number of carboxylic acid groups (broad SMARTS) is 1. The smallest absolute Gasteiger partial charge is 0.416 e. The minimum atomic E-state index is -4.34. The van der Waals surface area contributed by atoms with Crippen LogP contribution in [0.3, 0.4) is 0 Å². The maximum atomic E-state index is 12.9. The number of hydrogen-bond acceptors (Lipinski definition) is 3. The highest BCUT2D eigenvalue weighted by Crippen LogP contribution is 2.34. The minimum Gasteiger partial charge on any atom is -0.465 e. The van der Waals surface area contributed by atoms with Gasteiger partial charge < -0.3 is 20.6 Å². The summed E-state index contributed by atoms with van der Waals surface area (Å²) in [7, 11) is 0. The van der Waals surface area contributed by atoms with Gasteiger partial charge in [-0.2, -0.15) is 13.2 Å². The molecule has 0 aromatic heterocycles. The molecule has 5 nitrogen and oxygen atoms in total. The third-order valence-corrected chi connectivity index (χ3v) is 7.17. The van der Waals surface area contributed by atoms with Crippen molar-refractivity contribution in [3.63, 3.8) is 0 Å². The molecule has 2 fully saturated rings. The Kier molecular flexibility index (Phi) is 7.36. The number of anilines is 1. The Hall–Kier alpha value is -2.74. The monoisotopic (exact) mass is 475 g/mol. The van der Waals surface area contributed by atoms with Crippen LogP contribution >= 0.6 is 0 Å². The number of amides is 1. The van der Waals surface area contributed by atoms with Crippen LogP contribution in [0, 0.1) is 0 Å². The molecule has 184 valence electrons. The van der Waals surface area contributed by atoms with Crippen LogP contribution in [-0.2, 0) is 12.6 Å². The van der Waals surface area contributed by atoms with E-state index < -0.39 is 23.4 Å². The first-order valence-corrected chi connectivity index (χ1v) is 12.0. The number of piperidine rings is 1. The van der Waals surface area contributed by atoms with E-state index >= 15 is 0 Å². The van der Waals surface area contributed by atoms with Crippen molar-refractivity contribution >= 4 is 11.8 Å². The molecule has 1 saturated heterocycles. The molecule has 34 heavy (non-hydrogen) atoms. The molecule has 1 aliphatic carbocycles. The van der Waals surface area contributed by atoms with Crippen LogP contribution in [0.1, 0.15) is 49.7 Å². The number of nitrogens with zero attached hydrogens (tertiary/aromatic N) is 1. The van der Waals surface area contributed by atoms with Gasteiger partial charge in [0.05, 0.1) is 11.1 Å². The summed E-state index contributed by atoms with van der Waals surface area (Å²) in [6, 6.07) is 15.4. The van der Waals surface area contributed by atoms with E-state index in [4.69, 9.17) is 0 Å². The Balaban J connectivity index is 1.49. The van der Waals surface area contributed by atoms with E-state index in [0.717, 1.165) is 68.5 Å². The lowest BCUT2D eigenvalue weighted by atomic mass is 9.73. The van der Waals surface area contributed by atoms with Gasteiger partial charge in [-0.05, 0) is 61.9 Å². The average Bonchev–Trinajstić information content (AvgIpc) is 2.81. The number of carbonyl (C=O) groups is 1. The summed E-state index contributed by atoms with van der Waals surface area (Å²) < 4.78 is 38.8. The second-order valence-corrected chi connectivity index (χ2v) is 9.54. The van der Waals surface area contributed by atoms with E-state index in [1.807, 2.05) is 30.3 Å². The van der Waals surface area contributed by atoms with Crippen LogP contribution in [0.25, 0.3) is 0 Å². The maximum absolute atomic E-state index is 12.9. The van der Waals surface area contributed by atoms with Crippen LogP contribution < -0.4 is 15.5 Å². The number of benzene rings is 2. The van der Waals surface area contributed by atoms with Gasteiger partial charge in [-0.15, -0.1) is 0 Å². The van der Waals surface area contributed by atoms with Crippen molar-refractivity contribution in [2.45, 2.75) is 68.7 Å². The lowest BCUT2D eigenvalue weighted by molar-refractivity contribution is -0.137. The normalized spacial score (nSPS) is 25.7. The van der Waals surface area contributed by atoms with Crippen molar-refractivity contribution < 1.29 is 23.1 Å². The SMILES string of the molecule is O=C(O)NC1(Cc2ccccc2)CCCCC1NC1CCCN(c2ccc(C(F)(F)F)cc2)C1. The predicted molar refractivity (Wildman–Crippen MR) is 126 cm³/mol. The first-order chi connectivity index (χ1) is 16.2. The van der Waals surface area contributed by atoms with Gasteiger partial charge in [0.1, 0.15) is 0 Å². The van der Waals surface area contributed by atoms with Gasteiger partial charge in [-0.3, -0.25) is 0 Å². The van der Waals surface area contributed by atoms with Crippen LogP contribution in [0.15, 0.2) is 54.6 Å². The van der Waals surface area contributed by atoms with Gasteiger partial charge in [-0.25, -0.2) is 4.79 Å². The number of hydrogen-bond donors (Lipinski definition) is 3. The fourth-order valence-electron chi connectivity index (χ4n) is 5.55. The van der Waals surface area contributed by atoms with Gasteiger partial charge in [0.15, 0.2) is 0 Å². The van der Waals surface area contributed by atoms with Crippen molar-refractivity contribution in [1.82, 2.24) is 10.6 Å². The third kappa shape index (κ3) is 5.84. The summed E-state index contributed by atoms with van der Waals surface area (Å²) in [4.78, 5) is 13.9. The highest BCUT2D eigenvalue weighted by Gasteiger charge is 2.43. The topological polar surface area (TPSA) is 64.6 Å². The number of alkyl halides is 3. The van der Waals surface area contributed by atoms with E-state index in [0.29, 0.717) is 13.0 Å². The molecule has 1 saturated carbocycles. The van der Waals surface area contributed by atoms with Crippen molar-refractivity contribution in [3.8, 4) is 0 Å². The van der Waals surface area contributed by atoms with Crippen LogP contribution in [-0.4, -0.2) is 41.9 Å². The molecular weight excluding hydrogens is 443 g/mol. The summed E-state index contributed by atoms with van der Waals surface area (Å²) in [5.41, 5.74) is 0.639. The Bertz CT molecular complexity index is 952. The molecule has 1 aliphatic heterocycles. The summed E-state index contributed by atoms with van der Waals surface area (Å²) in [6.45, 7) is 1.47. The summed E-state index contributed by atoms with van der Waals surface area (Å²) >= 11 is 0. The molecule has 2 aliphatic rings. The Morgan fingerprint density at radius 2 is 1.76 bits per heavy atom. The molecule has 3 atom stereocenters. The van der Waals surface area contributed by atoms with Gasteiger partial charge in [0.25, 0.3) is 0 Å². The van der Waals surface area contributed by atoms with E-state index in [9.17, 15) is 23.1 Å². The van der Waals surface area contributed by atoms with Crippen LogP contribution in [0.4, 0.5) is 23.7 Å². The van der Waals surface area contributed by atoms with Crippen LogP contribution in [0.2, 0.25) is 0 Å². The van der Waals surface area contributed by atoms with Gasteiger partial charge in [-0.1, -0.05) is 43.2 Å². The molecule has 0 spiro atoms. The lowest BCUT2D eigenvalue weighted by Gasteiger charge is -2.47. The molecule has 3 N–H and O–H groups in total. The maximum Gasteiger partial charge on any atom is 0.416 e.